The molecule has 0 saturated carbocycles. The molecule has 0 unspecified atom stereocenters. The van der Waals surface area contributed by atoms with Crippen molar-refractivity contribution in [2.45, 2.75) is 58.3 Å². The summed E-state index contributed by atoms with van der Waals surface area (Å²) in [5, 5.41) is 24.1. The Bertz CT molecular complexity index is 1910. The zero-order valence-corrected chi connectivity index (χ0v) is 29.4. The molecule has 1 aliphatic heterocycles. The van der Waals surface area contributed by atoms with Crippen LogP contribution in [0.5, 0.6) is 5.75 Å². The topological polar surface area (TPSA) is 138 Å². The first-order chi connectivity index (χ1) is 23.8. The van der Waals surface area contributed by atoms with E-state index in [1.807, 2.05) is 46.9 Å². The molecule has 5 rings (SSSR count). The number of nitrogens with zero attached hydrogens (tertiary/aromatic N) is 3. The molecule has 11 nitrogen and oxygen atoms in total. The number of anilines is 1. The number of ether oxygens (including phenoxy) is 1. The number of phenolic OH excluding ortho intramolecular Hbond substituents is 1. The Balaban J connectivity index is 1.32. The van der Waals surface area contributed by atoms with Crippen molar-refractivity contribution < 1.29 is 24.2 Å². The normalized spacial score (nSPS) is 15.1. The van der Waals surface area contributed by atoms with E-state index in [0.717, 1.165) is 0 Å². The lowest BCUT2D eigenvalue weighted by Gasteiger charge is -2.37. The minimum atomic E-state index is -1.01. The Morgan fingerprint density at radius 3 is 2.42 bits per heavy atom. The number of aromatic nitrogens is 2. The number of morpholine rings is 1. The highest BCUT2D eigenvalue weighted by Crippen LogP contribution is 2.33. The lowest BCUT2D eigenvalue weighted by atomic mass is 10.0. The summed E-state index contributed by atoms with van der Waals surface area (Å²) in [5.74, 6) is 5.51. The fraction of sp³-hybridized carbons (Fsp3) is 0.316. The molecule has 0 radical (unpaired) electrons. The average Bonchev–Trinajstić information content (AvgIpc) is 3.52. The number of carbonyl (C=O) groups is 3. The van der Waals surface area contributed by atoms with Crippen molar-refractivity contribution in [3.63, 3.8) is 0 Å². The number of carbonyl (C=O) groups excluding carboxylic acids is 3. The summed E-state index contributed by atoms with van der Waals surface area (Å²) in [4.78, 5) is 41.9. The van der Waals surface area contributed by atoms with Crippen LogP contribution >= 0.6 is 11.6 Å². The highest BCUT2D eigenvalue weighted by atomic mass is 35.5. The van der Waals surface area contributed by atoms with E-state index in [1.54, 1.807) is 65.3 Å². The monoisotopic (exact) mass is 696 g/mol. The Hall–Kier alpha value is -5.31. The SMILES string of the molecule is CC(C)n1cc(C#Cc2ccc(NC(=O)[C@H]3COCCN3C(=O)[C@@H](NC(=O)NC(C)(C)C)c3ccccc3)cc2)c(-c2cc(Cl)ccc2O)n1. The molecule has 260 valence electrons. The van der Waals surface area contributed by atoms with E-state index in [4.69, 9.17) is 16.3 Å². The molecule has 2 atom stereocenters. The van der Waals surface area contributed by atoms with E-state index >= 15 is 0 Å². The van der Waals surface area contributed by atoms with Crippen LogP contribution in [-0.2, 0) is 14.3 Å². The van der Waals surface area contributed by atoms with E-state index in [0.29, 0.717) is 38.7 Å². The number of hydrogen-bond donors (Lipinski definition) is 4. The number of aromatic hydroxyl groups is 1. The average molecular weight is 697 g/mol. The second kappa shape index (κ2) is 15.5. The maximum Gasteiger partial charge on any atom is 0.316 e. The van der Waals surface area contributed by atoms with Crippen molar-refractivity contribution in [1.29, 1.82) is 0 Å². The van der Waals surface area contributed by atoms with E-state index < -0.39 is 35.5 Å². The molecule has 1 fully saturated rings. The van der Waals surface area contributed by atoms with Crippen molar-refractivity contribution in [3.8, 4) is 28.8 Å². The Morgan fingerprint density at radius 2 is 1.74 bits per heavy atom. The zero-order valence-electron chi connectivity index (χ0n) is 28.7. The number of urea groups is 1. The molecule has 0 bridgehead atoms. The van der Waals surface area contributed by atoms with Gasteiger partial charge in [0.1, 0.15) is 23.5 Å². The van der Waals surface area contributed by atoms with Crippen molar-refractivity contribution in [3.05, 3.63) is 101 Å². The van der Waals surface area contributed by atoms with Crippen LogP contribution < -0.4 is 16.0 Å². The number of rotatable bonds is 7. The van der Waals surface area contributed by atoms with Crippen molar-refractivity contribution in [1.82, 2.24) is 25.3 Å². The zero-order chi connectivity index (χ0) is 36.0. The number of benzene rings is 3. The molecule has 1 saturated heterocycles. The first kappa shape index (κ1) is 36.0. The molecular weight excluding hydrogens is 656 g/mol. The van der Waals surface area contributed by atoms with Crippen LogP contribution in [0.2, 0.25) is 5.02 Å². The molecule has 50 heavy (non-hydrogen) atoms. The van der Waals surface area contributed by atoms with Gasteiger partial charge in [-0.15, -0.1) is 0 Å². The molecular formula is C38H41ClN6O5. The number of phenols is 1. The predicted molar refractivity (Wildman–Crippen MR) is 193 cm³/mol. The van der Waals surface area contributed by atoms with Gasteiger partial charge in [0.25, 0.3) is 5.91 Å². The Morgan fingerprint density at radius 1 is 1.02 bits per heavy atom. The third-order valence-corrected chi connectivity index (χ3v) is 8.06. The molecule has 0 spiro atoms. The molecule has 2 heterocycles. The van der Waals surface area contributed by atoms with Crippen LogP contribution in [-0.4, -0.2) is 69.0 Å². The minimum Gasteiger partial charge on any atom is -0.507 e. The molecule has 4 amide bonds. The van der Waals surface area contributed by atoms with Gasteiger partial charge in [-0.05, 0) is 82.6 Å². The molecule has 3 aromatic carbocycles. The largest absolute Gasteiger partial charge is 0.507 e. The maximum absolute atomic E-state index is 14.0. The Kier molecular flexibility index (Phi) is 11.1. The van der Waals surface area contributed by atoms with Crippen molar-refractivity contribution >= 4 is 35.1 Å². The van der Waals surface area contributed by atoms with Crippen LogP contribution in [0.4, 0.5) is 10.5 Å². The van der Waals surface area contributed by atoms with Crippen molar-refractivity contribution in [2.24, 2.45) is 0 Å². The lowest BCUT2D eigenvalue weighted by Crippen LogP contribution is -2.58. The molecule has 0 aliphatic carbocycles. The maximum atomic E-state index is 14.0. The van der Waals surface area contributed by atoms with Crippen LogP contribution in [0, 0.1) is 11.8 Å². The first-order valence-corrected chi connectivity index (χ1v) is 16.7. The van der Waals surface area contributed by atoms with Gasteiger partial charge in [-0.1, -0.05) is 53.8 Å². The van der Waals surface area contributed by atoms with Gasteiger partial charge in [-0.2, -0.15) is 5.10 Å². The summed E-state index contributed by atoms with van der Waals surface area (Å²) in [6.07, 6.45) is 1.83. The second-order valence-electron chi connectivity index (χ2n) is 13.3. The fourth-order valence-corrected chi connectivity index (χ4v) is 5.51. The van der Waals surface area contributed by atoms with Crippen LogP contribution in [0.25, 0.3) is 11.3 Å². The summed E-state index contributed by atoms with van der Waals surface area (Å²) in [6, 6.07) is 18.4. The summed E-state index contributed by atoms with van der Waals surface area (Å²) in [6.45, 7) is 9.98. The van der Waals surface area contributed by atoms with E-state index in [2.05, 4.69) is 32.9 Å². The molecule has 12 heteroatoms. The Labute approximate surface area is 297 Å². The molecule has 1 aliphatic rings. The standard InChI is InChI=1S/C38H41ClN6O5/c1-24(2)45-22-27(33(43-45)30-21-28(39)15-18-32(30)46)14-11-25-12-16-29(17-13-25)40-35(47)31-23-50-20-19-44(31)36(48)34(26-9-7-6-8-10-26)41-37(49)42-38(3,4)5/h6-10,12-13,15-18,21-22,24,31,34,46H,19-20,23H2,1-5H3,(H,40,47)(H2,41,42,49)/t31-,34+/m1/s1. The van der Waals surface area contributed by atoms with Gasteiger partial charge in [0, 0.05) is 46.2 Å². The highest BCUT2D eigenvalue weighted by Gasteiger charge is 2.37. The highest BCUT2D eigenvalue weighted by molar-refractivity contribution is 6.31. The number of amides is 4. The number of nitrogens with one attached hydrogen (secondary N) is 3. The predicted octanol–water partition coefficient (Wildman–Crippen LogP) is 5.89. The minimum absolute atomic E-state index is 0.00536. The van der Waals surface area contributed by atoms with Gasteiger partial charge < -0.3 is 30.7 Å². The summed E-state index contributed by atoms with van der Waals surface area (Å²) < 4.78 is 7.39. The van der Waals surface area contributed by atoms with Crippen LogP contribution in [0.3, 0.4) is 0 Å². The van der Waals surface area contributed by atoms with Gasteiger partial charge in [-0.25, -0.2) is 4.79 Å². The van der Waals surface area contributed by atoms with E-state index in [1.165, 1.54) is 11.0 Å². The second-order valence-corrected chi connectivity index (χ2v) is 13.7. The third-order valence-electron chi connectivity index (χ3n) is 7.83. The van der Waals surface area contributed by atoms with E-state index in [-0.39, 0.29) is 31.5 Å². The number of halogens is 1. The van der Waals surface area contributed by atoms with Gasteiger partial charge in [0.05, 0.1) is 18.8 Å². The number of hydrogen-bond acceptors (Lipinski definition) is 6. The smallest absolute Gasteiger partial charge is 0.316 e. The van der Waals surface area contributed by atoms with Gasteiger partial charge in [-0.3, -0.25) is 14.3 Å². The third kappa shape index (κ3) is 9.02. The van der Waals surface area contributed by atoms with Gasteiger partial charge in [0.2, 0.25) is 5.91 Å². The molecule has 1 aromatic heterocycles. The van der Waals surface area contributed by atoms with Gasteiger partial charge >= 0.3 is 6.03 Å². The summed E-state index contributed by atoms with van der Waals surface area (Å²) in [7, 11) is 0. The van der Waals surface area contributed by atoms with Gasteiger partial charge in [0.15, 0.2) is 0 Å². The van der Waals surface area contributed by atoms with Crippen LogP contribution in [0.1, 0.15) is 63.4 Å². The molecule has 4 N–H and O–H groups in total. The quantitative estimate of drug-likeness (QED) is 0.178. The fourth-order valence-electron chi connectivity index (χ4n) is 5.34. The lowest BCUT2D eigenvalue weighted by molar-refractivity contribution is -0.148. The summed E-state index contributed by atoms with van der Waals surface area (Å²) in [5.41, 5.74) is 2.90. The van der Waals surface area contributed by atoms with E-state index in [9.17, 15) is 19.5 Å². The molecule has 4 aromatic rings. The van der Waals surface area contributed by atoms with Crippen molar-refractivity contribution in [2.75, 3.05) is 25.1 Å². The first-order valence-electron chi connectivity index (χ1n) is 16.3. The summed E-state index contributed by atoms with van der Waals surface area (Å²) >= 11 is 6.21. The van der Waals surface area contributed by atoms with Crippen LogP contribution in [0.15, 0.2) is 79.0 Å².